The summed E-state index contributed by atoms with van der Waals surface area (Å²) in [5, 5.41) is 9.71. The van der Waals surface area contributed by atoms with Gasteiger partial charge >= 0.3 is 0 Å². The van der Waals surface area contributed by atoms with Gasteiger partial charge in [0.25, 0.3) is 5.91 Å². The molecule has 0 saturated carbocycles. The molecular weight excluding hydrogens is 330 g/mol. The van der Waals surface area contributed by atoms with Crippen molar-refractivity contribution in [2.45, 2.75) is 45.6 Å². The molecule has 1 fully saturated rings. The summed E-state index contributed by atoms with van der Waals surface area (Å²) in [5.74, 6) is 1.07. The van der Waals surface area contributed by atoms with Gasteiger partial charge in [0, 0.05) is 44.8 Å². The molecular formula is C19H33N5O2. The third-order valence-electron chi connectivity index (χ3n) is 4.69. The Balaban J connectivity index is 1.59. The van der Waals surface area contributed by atoms with Gasteiger partial charge in [-0.3, -0.25) is 9.79 Å². The lowest BCUT2D eigenvalue weighted by Crippen LogP contribution is -2.49. The lowest BCUT2D eigenvalue weighted by molar-refractivity contribution is 0.0925. The lowest BCUT2D eigenvalue weighted by Gasteiger charge is -2.32. The predicted molar refractivity (Wildman–Crippen MR) is 105 cm³/mol. The molecule has 0 bridgehead atoms. The van der Waals surface area contributed by atoms with Crippen LogP contribution in [0, 0.1) is 6.92 Å². The van der Waals surface area contributed by atoms with Gasteiger partial charge in [-0.25, -0.2) is 0 Å². The Morgan fingerprint density at radius 2 is 2.04 bits per heavy atom. The van der Waals surface area contributed by atoms with Crippen LogP contribution >= 0.6 is 0 Å². The van der Waals surface area contributed by atoms with Crippen molar-refractivity contribution in [3.05, 3.63) is 23.7 Å². The summed E-state index contributed by atoms with van der Waals surface area (Å²) >= 11 is 0. The van der Waals surface area contributed by atoms with Gasteiger partial charge in [0.15, 0.2) is 11.7 Å². The second kappa shape index (κ2) is 10.9. The van der Waals surface area contributed by atoms with Crippen molar-refractivity contribution in [2.24, 2.45) is 4.99 Å². The molecule has 1 aliphatic rings. The zero-order valence-electron chi connectivity index (χ0n) is 16.3. The van der Waals surface area contributed by atoms with Crippen molar-refractivity contribution in [3.8, 4) is 0 Å². The minimum absolute atomic E-state index is 0.158. The number of piperidine rings is 1. The van der Waals surface area contributed by atoms with Crippen molar-refractivity contribution in [1.29, 1.82) is 0 Å². The Labute approximate surface area is 156 Å². The fourth-order valence-electron chi connectivity index (χ4n) is 3.19. The fraction of sp³-hybridized carbons (Fsp3) is 0.684. The van der Waals surface area contributed by atoms with Gasteiger partial charge in [0.2, 0.25) is 0 Å². The molecule has 0 radical (unpaired) electrons. The number of nitrogens with one attached hydrogen (secondary N) is 3. The number of guanidine groups is 1. The first-order valence-corrected chi connectivity index (χ1v) is 9.65. The van der Waals surface area contributed by atoms with E-state index >= 15 is 0 Å². The van der Waals surface area contributed by atoms with Crippen LogP contribution in [-0.4, -0.2) is 62.6 Å². The van der Waals surface area contributed by atoms with E-state index in [-0.39, 0.29) is 5.91 Å². The van der Waals surface area contributed by atoms with Gasteiger partial charge in [-0.05, 0) is 45.2 Å². The summed E-state index contributed by atoms with van der Waals surface area (Å²) in [6, 6.07) is 2.27. The number of amides is 1. The second-order valence-corrected chi connectivity index (χ2v) is 6.80. The maximum absolute atomic E-state index is 12.0. The zero-order valence-corrected chi connectivity index (χ0v) is 16.3. The first kappa shape index (κ1) is 20.3. The van der Waals surface area contributed by atoms with Gasteiger partial charge in [-0.2, -0.15) is 0 Å². The van der Waals surface area contributed by atoms with Crippen molar-refractivity contribution < 1.29 is 9.21 Å². The summed E-state index contributed by atoms with van der Waals surface area (Å²) in [6.07, 6.45) is 5.88. The maximum atomic E-state index is 12.0. The van der Waals surface area contributed by atoms with Gasteiger partial charge in [0.1, 0.15) is 0 Å². The van der Waals surface area contributed by atoms with E-state index in [4.69, 9.17) is 4.42 Å². The number of hydrogen-bond donors (Lipinski definition) is 3. The average Bonchev–Trinajstić information content (AvgIpc) is 3.08. The van der Waals surface area contributed by atoms with Gasteiger partial charge in [-0.15, -0.1) is 0 Å². The van der Waals surface area contributed by atoms with Crippen LogP contribution in [0.25, 0.3) is 0 Å². The topological polar surface area (TPSA) is 81.9 Å². The molecule has 7 heteroatoms. The summed E-state index contributed by atoms with van der Waals surface area (Å²) in [6.45, 7) is 8.95. The molecule has 146 valence electrons. The van der Waals surface area contributed by atoms with Crippen LogP contribution in [-0.2, 0) is 0 Å². The van der Waals surface area contributed by atoms with Crippen LogP contribution in [0.15, 0.2) is 21.7 Å². The SMILES string of the molecule is CCCN1CCC(NC(=NC)NCCCNC(=O)c2occc2C)CC1. The average molecular weight is 364 g/mol. The van der Waals surface area contributed by atoms with Crippen LogP contribution in [0.5, 0.6) is 0 Å². The molecule has 26 heavy (non-hydrogen) atoms. The Morgan fingerprint density at radius 1 is 1.31 bits per heavy atom. The number of aliphatic imine (C=N–C) groups is 1. The predicted octanol–water partition coefficient (Wildman–Crippen LogP) is 1.75. The molecule has 0 aliphatic carbocycles. The zero-order chi connectivity index (χ0) is 18.8. The summed E-state index contributed by atoms with van der Waals surface area (Å²) in [5.41, 5.74) is 0.857. The van der Waals surface area contributed by atoms with E-state index < -0.39 is 0 Å². The third-order valence-corrected chi connectivity index (χ3v) is 4.69. The standard InChI is InChI=1S/C19H33N5O2/c1-4-11-24-12-6-16(7-13-24)23-19(20-3)22-10-5-9-21-18(25)17-15(2)8-14-26-17/h8,14,16H,4-7,9-13H2,1-3H3,(H,21,25)(H2,20,22,23). The van der Waals surface area contributed by atoms with Crippen LogP contribution in [0.2, 0.25) is 0 Å². The molecule has 7 nitrogen and oxygen atoms in total. The van der Waals surface area contributed by atoms with E-state index in [9.17, 15) is 4.79 Å². The first-order valence-electron chi connectivity index (χ1n) is 9.65. The van der Waals surface area contributed by atoms with Gasteiger partial charge in [0.05, 0.1) is 6.26 Å². The molecule has 0 unspecified atom stereocenters. The highest BCUT2D eigenvalue weighted by Gasteiger charge is 2.19. The summed E-state index contributed by atoms with van der Waals surface area (Å²) in [4.78, 5) is 18.8. The normalized spacial score (nSPS) is 16.5. The Kier molecular flexibility index (Phi) is 8.47. The van der Waals surface area contributed by atoms with Crippen LogP contribution in [0.3, 0.4) is 0 Å². The highest BCUT2D eigenvalue weighted by molar-refractivity contribution is 5.92. The molecule has 0 atom stereocenters. The fourth-order valence-corrected chi connectivity index (χ4v) is 3.19. The van der Waals surface area contributed by atoms with E-state index in [2.05, 4.69) is 32.8 Å². The molecule has 2 rings (SSSR count). The number of likely N-dealkylation sites (tertiary alicyclic amines) is 1. The van der Waals surface area contributed by atoms with Crippen LogP contribution in [0.1, 0.15) is 48.7 Å². The quantitative estimate of drug-likeness (QED) is 0.372. The first-order chi connectivity index (χ1) is 12.6. The number of carbonyl (C=O) groups is 1. The largest absolute Gasteiger partial charge is 0.459 e. The molecule has 1 amide bonds. The molecule has 1 aliphatic heterocycles. The van der Waals surface area contributed by atoms with Crippen molar-refractivity contribution in [2.75, 3.05) is 39.8 Å². The molecule has 1 aromatic heterocycles. The minimum atomic E-state index is -0.158. The maximum Gasteiger partial charge on any atom is 0.287 e. The van der Waals surface area contributed by atoms with Crippen LogP contribution in [0.4, 0.5) is 0 Å². The molecule has 0 spiro atoms. The van der Waals surface area contributed by atoms with E-state index in [1.165, 1.54) is 19.2 Å². The number of aryl methyl sites for hydroxylation is 1. The Morgan fingerprint density at radius 3 is 2.65 bits per heavy atom. The molecule has 0 aromatic carbocycles. The van der Waals surface area contributed by atoms with E-state index in [1.807, 2.05) is 6.92 Å². The number of nitrogens with zero attached hydrogens (tertiary/aromatic N) is 2. The van der Waals surface area contributed by atoms with Gasteiger partial charge < -0.3 is 25.3 Å². The number of rotatable bonds is 8. The Bertz CT molecular complexity index is 576. The molecule has 1 saturated heterocycles. The summed E-state index contributed by atoms with van der Waals surface area (Å²) in [7, 11) is 1.79. The monoisotopic (exact) mass is 363 g/mol. The van der Waals surface area contributed by atoms with Gasteiger partial charge in [-0.1, -0.05) is 6.92 Å². The third kappa shape index (κ3) is 6.37. The van der Waals surface area contributed by atoms with E-state index in [0.717, 1.165) is 50.4 Å². The second-order valence-electron chi connectivity index (χ2n) is 6.80. The number of furan rings is 1. The number of hydrogen-bond acceptors (Lipinski definition) is 4. The Hall–Kier alpha value is -2.02. The highest BCUT2D eigenvalue weighted by atomic mass is 16.3. The lowest BCUT2D eigenvalue weighted by atomic mass is 10.1. The molecule has 3 N–H and O–H groups in total. The minimum Gasteiger partial charge on any atom is -0.459 e. The molecule has 2 heterocycles. The van der Waals surface area contributed by atoms with E-state index in [0.29, 0.717) is 18.3 Å². The van der Waals surface area contributed by atoms with E-state index in [1.54, 1.807) is 13.1 Å². The molecule has 1 aromatic rings. The van der Waals surface area contributed by atoms with Crippen LogP contribution < -0.4 is 16.0 Å². The number of carbonyl (C=O) groups excluding carboxylic acids is 1. The van der Waals surface area contributed by atoms with Crippen molar-refractivity contribution >= 4 is 11.9 Å². The highest BCUT2D eigenvalue weighted by Crippen LogP contribution is 2.10. The van der Waals surface area contributed by atoms with Crippen molar-refractivity contribution in [3.63, 3.8) is 0 Å². The smallest absolute Gasteiger partial charge is 0.287 e. The van der Waals surface area contributed by atoms with Crippen molar-refractivity contribution in [1.82, 2.24) is 20.9 Å². The summed E-state index contributed by atoms with van der Waals surface area (Å²) < 4.78 is 5.19.